The van der Waals surface area contributed by atoms with E-state index in [0.717, 1.165) is 17.1 Å². The van der Waals surface area contributed by atoms with Gasteiger partial charge in [-0.05, 0) is 13.1 Å². The second-order valence-corrected chi connectivity index (χ2v) is 9.00. The van der Waals surface area contributed by atoms with E-state index >= 15 is 0 Å². The first-order valence-electron chi connectivity index (χ1n) is 11.8. The van der Waals surface area contributed by atoms with Gasteiger partial charge in [0.15, 0.2) is 5.69 Å². The molecule has 13 heteroatoms. The topological polar surface area (TPSA) is 120 Å². The number of nitriles is 1. The number of nitrogens with one attached hydrogen (secondary N) is 1. The van der Waals surface area contributed by atoms with E-state index in [2.05, 4.69) is 25.3 Å². The first-order valence-corrected chi connectivity index (χ1v) is 11.8. The predicted molar refractivity (Wildman–Crippen MR) is 134 cm³/mol. The van der Waals surface area contributed by atoms with Crippen LogP contribution in [0.1, 0.15) is 32.1 Å². The van der Waals surface area contributed by atoms with E-state index in [1.165, 1.54) is 12.3 Å². The van der Waals surface area contributed by atoms with Gasteiger partial charge in [-0.25, -0.2) is 9.67 Å². The van der Waals surface area contributed by atoms with Gasteiger partial charge in [-0.3, -0.25) is 14.6 Å². The number of alkyl halides is 3. The van der Waals surface area contributed by atoms with Gasteiger partial charge in [-0.2, -0.15) is 23.5 Å². The summed E-state index contributed by atoms with van der Waals surface area (Å²) in [4.78, 5) is 37.7. The zero-order valence-corrected chi connectivity index (χ0v) is 20.6. The molecular weight excluding hydrogens is 513 g/mol. The molecule has 1 saturated heterocycles. The lowest BCUT2D eigenvalue weighted by Crippen LogP contribution is -2.47. The second-order valence-electron chi connectivity index (χ2n) is 9.00. The van der Waals surface area contributed by atoms with Crippen molar-refractivity contribution in [1.29, 1.82) is 5.26 Å². The van der Waals surface area contributed by atoms with E-state index in [-0.39, 0.29) is 22.6 Å². The van der Waals surface area contributed by atoms with Crippen molar-refractivity contribution in [3.8, 4) is 11.8 Å². The average Bonchev–Trinajstić information content (AvgIpc) is 3.39. The Morgan fingerprint density at radius 2 is 1.82 bits per heavy atom. The van der Waals surface area contributed by atoms with Crippen molar-refractivity contribution in [3.63, 3.8) is 0 Å². The summed E-state index contributed by atoms with van der Waals surface area (Å²) in [6, 6.07) is 10.1. The number of carbonyl (C=O) groups excluding carboxylic acids is 2. The second kappa shape index (κ2) is 10.1. The molecule has 4 aromatic rings. The maximum absolute atomic E-state index is 13.9. The van der Waals surface area contributed by atoms with Gasteiger partial charge in [-0.1, -0.05) is 24.3 Å². The molecule has 0 bridgehead atoms. The highest BCUT2D eigenvalue weighted by atomic mass is 19.4. The first-order chi connectivity index (χ1) is 18.7. The van der Waals surface area contributed by atoms with Crippen LogP contribution in [-0.2, 0) is 6.18 Å². The van der Waals surface area contributed by atoms with Crippen LogP contribution in [0.2, 0.25) is 0 Å². The molecule has 0 saturated carbocycles. The minimum Gasteiger partial charge on any atom is -0.335 e. The third-order valence-corrected chi connectivity index (χ3v) is 6.38. The van der Waals surface area contributed by atoms with Gasteiger partial charge in [0, 0.05) is 49.3 Å². The van der Waals surface area contributed by atoms with Crippen molar-refractivity contribution in [2.24, 2.45) is 0 Å². The molecule has 2 amide bonds. The van der Waals surface area contributed by atoms with Crippen molar-refractivity contribution in [2.45, 2.75) is 6.18 Å². The summed E-state index contributed by atoms with van der Waals surface area (Å²) in [6.45, 7) is 2.28. The Morgan fingerprint density at radius 3 is 2.54 bits per heavy atom. The van der Waals surface area contributed by atoms with E-state index in [1.807, 2.05) is 13.1 Å². The Morgan fingerprint density at radius 1 is 1.08 bits per heavy atom. The van der Waals surface area contributed by atoms with Crippen molar-refractivity contribution in [2.75, 3.05) is 38.5 Å². The van der Waals surface area contributed by atoms with Crippen LogP contribution in [-0.4, -0.2) is 74.6 Å². The Bertz CT molecular complexity index is 1610. The lowest BCUT2D eigenvalue weighted by Gasteiger charge is -2.32. The van der Waals surface area contributed by atoms with E-state index in [9.17, 15) is 28.0 Å². The summed E-state index contributed by atoms with van der Waals surface area (Å²) in [6.07, 6.45) is 0.111. The van der Waals surface area contributed by atoms with E-state index < -0.39 is 29.2 Å². The number of amides is 2. The monoisotopic (exact) mass is 534 g/mol. The molecular formula is C26H21F3N8O2. The maximum atomic E-state index is 13.9. The quantitative estimate of drug-likeness (QED) is 0.426. The van der Waals surface area contributed by atoms with Gasteiger partial charge in [-0.15, -0.1) is 0 Å². The number of nitrogens with zero attached hydrogens (tertiary/aromatic N) is 7. The Balaban J connectivity index is 1.44. The van der Waals surface area contributed by atoms with E-state index in [4.69, 9.17) is 0 Å². The van der Waals surface area contributed by atoms with Crippen LogP contribution in [0.15, 0.2) is 55.1 Å². The summed E-state index contributed by atoms with van der Waals surface area (Å²) in [7, 11) is 1.94. The summed E-state index contributed by atoms with van der Waals surface area (Å²) in [5.41, 5.74) is -2.09. The number of fused-ring (bicyclic) bond motifs is 1. The van der Waals surface area contributed by atoms with Crippen molar-refractivity contribution in [3.05, 3.63) is 77.6 Å². The Hall–Kier alpha value is -4.83. The SMILES string of the molecule is CN1CCN(C(=O)c2ncc(NC(=O)c3cn(-c4cncc5ccccc45)nc3C(F)(F)F)cc2C#N)CC1. The van der Waals surface area contributed by atoms with Crippen LogP contribution < -0.4 is 5.32 Å². The van der Waals surface area contributed by atoms with Gasteiger partial charge in [0.05, 0.1) is 34.9 Å². The molecule has 3 aromatic heterocycles. The number of likely N-dealkylation sites (N-methyl/N-ethyl adjacent to an activating group) is 1. The summed E-state index contributed by atoms with van der Waals surface area (Å²) in [5, 5.41) is 16.9. The highest BCUT2D eigenvalue weighted by Crippen LogP contribution is 2.33. The lowest BCUT2D eigenvalue weighted by atomic mass is 10.1. The zero-order valence-electron chi connectivity index (χ0n) is 20.6. The normalized spacial score (nSPS) is 14.3. The predicted octanol–water partition coefficient (Wildman–Crippen LogP) is 3.35. The van der Waals surface area contributed by atoms with Crippen LogP contribution in [0.4, 0.5) is 18.9 Å². The summed E-state index contributed by atoms with van der Waals surface area (Å²) < 4.78 is 42.6. The fraction of sp³-hybridized carbons (Fsp3) is 0.231. The Labute approximate surface area is 220 Å². The highest BCUT2D eigenvalue weighted by molar-refractivity contribution is 6.05. The van der Waals surface area contributed by atoms with Gasteiger partial charge in [0.25, 0.3) is 11.8 Å². The molecule has 39 heavy (non-hydrogen) atoms. The largest absolute Gasteiger partial charge is 0.435 e. The molecule has 1 fully saturated rings. The number of rotatable bonds is 4. The molecule has 198 valence electrons. The number of benzene rings is 1. The van der Waals surface area contributed by atoms with Crippen molar-refractivity contribution >= 4 is 28.3 Å². The smallest absolute Gasteiger partial charge is 0.335 e. The molecule has 0 radical (unpaired) electrons. The molecule has 0 atom stereocenters. The summed E-state index contributed by atoms with van der Waals surface area (Å²) in [5.74, 6) is -1.53. The molecule has 1 aliphatic heterocycles. The number of piperazine rings is 1. The number of hydrogen-bond donors (Lipinski definition) is 1. The number of hydrogen-bond acceptors (Lipinski definition) is 7. The van der Waals surface area contributed by atoms with Crippen LogP contribution in [0.25, 0.3) is 16.5 Å². The lowest BCUT2D eigenvalue weighted by molar-refractivity contribution is -0.141. The molecule has 1 N–H and O–H groups in total. The van der Waals surface area contributed by atoms with Gasteiger partial charge < -0.3 is 15.1 Å². The van der Waals surface area contributed by atoms with Crippen molar-refractivity contribution < 1.29 is 22.8 Å². The van der Waals surface area contributed by atoms with Crippen molar-refractivity contribution in [1.82, 2.24) is 29.5 Å². The van der Waals surface area contributed by atoms with Gasteiger partial charge >= 0.3 is 6.18 Å². The molecule has 10 nitrogen and oxygen atoms in total. The molecule has 4 heterocycles. The number of carbonyl (C=O) groups is 2. The van der Waals surface area contributed by atoms with E-state index in [1.54, 1.807) is 35.4 Å². The number of halogens is 3. The fourth-order valence-corrected chi connectivity index (χ4v) is 4.30. The number of anilines is 1. The van der Waals surface area contributed by atoms with Crippen LogP contribution in [0.3, 0.4) is 0 Å². The number of pyridine rings is 2. The molecule has 5 rings (SSSR count). The van der Waals surface area contributed by atoms with Crippen LogP contribution in [0.5, 0.6) is 0 Å². The minimum atomic E-state index is -4.93. The molecule has 1 aromatic carbocycles. The summed E-state index contributed by atoms with van der Waals surface area (Å²) >= 11 is 0. The average molecular weight is 535 g/mol. The van der Waals surface area contributed by atoms with Crippen LogP contribution in [0, 0.1) is 11.3 Å². The van der Waals surface area contributed by atoms with Crippen LogP contribution >= 0.6 is 0 Å². The maximum Gasteiger partial charge on any atom is 0.435 e. The van der Waals surface area contributed by atoms with Gasteiger partial charge in [0.2, 0.25) is 0 Å². The minimum absolute atomic E-state index is 0.0424. The number of aromatic nitrogens is 4. The third-order valence-electron chi connectivity index (χ3n) is 6.38. The Kier molecular flexibility index (Phi) is 6.71. The van der Waals surface area contributed by atoms with Gasteiger partial charge in [0.1, 0.15) is 11.8 Å². The molecule has 0 unspecified atom stereocenters. The molecule has 1 aliphatic rings. The highest BCUT2D eigenvalue weighted by Gasteiger charge is 2.39. The zero-order chi connectivity index (χ0) is 27.7. The third kappa shape index (κ3) is 5.14. The van der Waals surface area contributed by atoms with E-state index in [0.29, 0.717) is 37.0 Å². The molecule has 0 spiro atoms. The standard InChI is InChI=1S/C26H21F3N8O2/c1-35-6-8-36(9-7-35)25(39)22-17(11-30)10-18(13-32-22)33-24(38)20-15-37(34-23(20)26(27,28)29)21-14-31-12-16-4-2-3-5-19(16)21/h2-5,10,12-15H,6-9H2,1H3,(H,33,38). The first kappa shape index (κ1) is 25.8. The molecule has 0 aliphatic carbocycles. The fourth-order valence-electron chi connectivity index (χ4n) is 4.30.